The number of rotatable bonds is 4. The van der Waals surface area contributed by atoms with Crippen molar-refractivity contribution in [3.05, 3.63) is 59.2 Å². The minimum atomic E-state index is 0.0635. The van der Waals surface area contributed by atoms with Crippen LogP contribution in [-0.4, -0.2) is 5.12 Å². The number of hydrogen-bond donors (Lipinski definition) is 0. The molecule has 0 aromatic heterocycles. The molecule has 0 saturated heterocycles. The molecule has 2 aromatic carbocycles. The van der Waals surface area contributed by atoms with Crippen LogP contribution in [0.2, 0.25) is 0 Å². The third-order valence-corrected chi connectivity index (χ3v) is 3.71. The molecule has 21 heavy (non-hydrogen) atoms. The van der Waals surface area contributed by atoms with Crippen LogP contribution in [0.25, 0.3) is 0 Å². The summed E-state index contributed by atoms with van der Waals surface area (Å²) in [5.41, 5.74) is 2.50. The molecule has 0 radical (unpaired) electrons. The molecule has 0 unspecified atom stereocenters. The summed E-state index contributed by atoms with van der Waals surface area (Å²) in [6, 6.07) is 15.2. The Hall–Kier alpha value is -2.25. The Bertz CT molecular complexity index is 704. The fourth-order valence-electron chi connectivity index (χ4n) is 1.83. The molecular weight excluding hydrogens is 282 g/mol. The first-order chi connectivity index (χ1) is 10.1. The predicted octanol–water partition coefficient (Wildman–Crippen LogP) is 4.44. The Labute approximate surface area is 128 Å². The smallest absolute Gasteiger partial charge is 0.186 e. The highest BCUT2D eigenvalue weighted by molar-refractivity contribution is 8.12. The number of benzene rings is 2. The Morgan fingerprint density at radius 2 is 2.10 bits per heavy atom. The number of ether oxygens (including phenoxy) is 1. The number of nitrogens with zero attached hydrogens (tertiary/aromatic N) is 1. The van der Waals surface area contributed by atoms with Gasteiger partial charge in [0, 0.05) is 12.7 Å². The van der Waals surface area contributed by atoms with Gasteiger partial charge >= 0.3 is 0 Å². The Morgan fingerprint density at radius 3 is 2.76 bits per heavy atom. The van der Waals surface area contributed by atoms with E-state index in [-0.39, 0.29) is 5.12 Å². The van der Waals surface area contributed by atoms with E-state index in [0.717, 1.165) is 11.1 Å². The van der Waals surface area contributed by atoms with E-state index in [1.807, 2.05) is 37.3 Å². The van der Waals surface area contributed by atoms with Gasteiger partial charge in [-0.1, -0.05) is 30.0 Å². The van der Waals surface area contributed by atoms with E-state index in [9.17, 15) is 10.1 Å². The van der Waals surface area contributed by atoms with Crippen molar-refractivity contribution in [3.8, 4) is 17.6 Å². The molecule has 0 saturated carbocycles. The second-order valence-corrected chi connectivity index (χ2v) is 5.79. The highest BCUT2D eigenvalue weighted by atomic mass is 32.2. The molecule has 2 aromatic rings. The minimum absolute atomic E-state index is 0.0635. The molecule has 0 amide bonds. The zero-order valence-corrected chi connectivity index (χ0v) is 12.7. The van der Waals surface area contributed by atoms with Gasteiger partial charge in [-0.15, -0.1) is 0 Å². The maximum Gasteiger partial charge on any atom is 0.186 e. The van der Waals surface area contributed by atoms with Crippen molar-refractivity contribution in [2.75, 3.05) is 0 Å². The molecule has 0 aliphatic heterocycles. The lowest BCUT2D eigenvalue weighted by Crippen LogP contribution is -1.92. The number of nitriles is 1. The number of carbonyl (C=O) groups is 1. The zero-order valence-electron chi connectivity index (χ0n) is 11.9. The molecule has 0 bridgehead atoms. The van der Waals surface area contributed by atoms with Crippen LogP contribution in [-0.2, 0) is 10.5 Å². The number of aryl methyl sites for hydroxylation is 1. The van der Waals surface area contributed by atoms with E-state index in [0.29, 0.717) is 22.8 Å². The lowest BCUT2D eigenvalue weighted by molar-refractivity contribution is -0.109. The van der Waals surface area contributed by atoms with Crippen LogP contribution in [0.5, 0.6) is 11.5 Å². The van der Waals surface area contributed by atoms with Gasteiger partial charge in [0.05, 0.1) is 5.56 Å². The van der Waals surface area contributed by atoms with Gasteiger partial charge in [-0.3, -0.25) is 4.79 Å². The highest BCUT2D eigenvalue weighted by Gasteiger charge is 2.07. The van der Waals surface area contributed by atoms with E-state index in [1.54, 1.807) is 12.1 Å². The second kappa shape index (κ2) is 6.96. The topological polar surface area (TPSA) is 50.1 Å². The maximum atomic E-state index is 11.0. The Balaban J connectivity index is 2.20. The average molecular weight is 297 g/mol. The van der Waals surface area contributed by atoms with E-state index >= 15 is 0 Å². The molecule has 0 N–H and O–H groups in total. The van der Waals surface area contributed by atoms with Crippen molar-refractivity contribution in [3.63, 3.8) is 0 Å². The number of carbonyl (C=O) groups excluding carboxylic acids is 1. The fourth-order valence-corrected chi connectivity index (χ4v) is 2.38. The normalized spacial score (nSPS) is 9.95. The summed E-state index contributed by atoms with van der Waals surface area (Å²) in [7, 11) is 0. The third-order valence-electron chi connectivity index (χ3n) is 2.82. The number of hydrogen-bond acceptors (Lipinski definition) is 4. The van der Waals surface area contributed by atoms with Crippen molar-refractivity contribution in [2.24, 2.45) is 0 Å². The lowest BCUT2D eigenvalue weighted by atomic mass is 10.1. The van der Waals surface area contributed by atoms with Gasteiger partial charge in [-0.25, -0.2) is 0 Å². The fraction of sp³-hybridized carbons (Fsp3) is 0.176. The Kier molecular flexibility index (Phi) is 5.02. The van der Waals surface area contributed by atoms with E-state index in [2.05, 4.69) is 6.07 Å². The minimum Gasteiger partial charge on any atom is -0.456 e. The van der Waals surface area contributed by atoms with Crippen LogP contribution in [0.15, 0.2) is 42.5 Å². The van der Waals surface area contributed by atoms with Gasteiger partial charge in [0.15, 0.2) is 5.12 Å². The van der Waals surface area contributed by atoms with Crippen LogP contribution in [0, 0.1) is 18.3 Å². The summed E-state index contributed by atoms with van der Waals surface area (Å²) in [5.74, 6) is 1.80. The molecule has 0 atom stereocenters. The highest BCUT2D eigenvalue weighted by Crippen LogP contribution is 2.27. The summed E-state index contributed by atoms with van der Waals surface area (Å²) in [6.45, 7) is 3.52. The summed E-state index contributed by atoms with van der Waals surface area (Å²) in [4.78, 5) is 11.0. The molecule has 0 aliphatic rings. The molecule has 0 aliphatic carbocycles. The second-order valence-electron chi connectivity index (χ2n) is 4.64. The quantitative estimate of drug-likeness (QED) is 0.837. The molecule has 2 rings (SSSR count). The Morgan fingerprint density at radius 1 is 1.29 bits per heavy atom. The maximum absolute atomic E-state index is 11.0. The molecule has 0 heterocycles. The summed E-state index contributed by atoms with van der Waals surface area (Å²) in [5, 5.41) is 9.31. The van der Waals surface area contributed by atoms with Crippen molar-refractivity contribution >= 4 is 16.9 Å². The zero-order chi connectivity index (χ0) is 15.2. The van der Waals surface area contributed by atoms with Crippen molar-refractivity contribution in [1.29, 1.82) is 5.26 Å². The summed E-state index contributed by atoms with van der Waals surface area (Å²) >= 11 is 1.23. The summed E-state index contributed by atoms with van der Waals surface area (Å²) in [6.07, 6.45) is 0. The molecule has 0 spiro atoms. The monoisotopic (exact) mass is 297 g/mol. The van der Waals surface area contributed by atoms with E-state index in [4.69, 9.17) is 4.74 Å². The van der Waals surface area contributed by atoms with Gasteiger partial charge in [0.1, 0.15) is 17.6 Å². The lowest BCUT2D eigenvalue weighted by Gasteiger charge is -2.09. The first kappa shape index (κ1) is 15.1. The van der Waals surface area contributed by atoms with Gasteiger partial charge in [0.25, 0.3) is 0 Å². The summed E-state index contributed by atoms with van der Waals surface area (Å²) < 4.78 is 5.77. The van der Waals surface area contributed by atoms with Crippen LogP contribution >= 0.6 is 11.8 Å². The third kappa shape index (κ3) is 4.37. The molecule has 4 heteroatoms. The molecule has 0 fully saturated rings. The molecule has 106 valence electrons. The standard InChI is InChI=1S/C17H15NO2S/c1-12-4-3-5-16(8-12)20-17-7-6-14(9-15(17)10-18)11-21-13(2)19/h3-9H,11H2,1-2H3. The first-order valence-electron chi connectivity index (χ1n) is 6.49. The van der Waals surface area contributed by atoms with E-state index < -0.39 is 0 Å². The predicted molar refractivity (Wildman–Crippen MR) is 84.4 cm³/mol. The van der Waals surface area contributed by atoms with Gasteiger partial charge in [-0.2, -0.15) is 5.26 Å². The first-order valence-corrected chi connectivity index (χ1v) is 7.48. The average Bonchev–Trinajstić information content (AvgIpc) is 2.46. The van der Waals surface area contributed by atoms with Crippen molar-refractivity contribution < 1.29 is 9.53 Å². The van der Waals surface area contributed by atoms with Crippen molar-refractivity contribution in [1.82, 2.24) is 0 Å². The van der Waals surface area contributed by atoms with Crippen LogP contribution < -0.4 is 4.74 Å². The van der Waals surface area contributed by atoms with Crippen LogP contribution in [0.4, 0.5) is 0 Å². The van der Waals surface area contributed by atoms with Gasteiger partial charge < -0.3 is 4.74 Å². The van der Waals surface area contributed by atoms with Crippen molar-refractivity contribution in [2.45, 2.75) is 19.6 Å². The van der Waals surface area contributed by atoms with Crippen LogP contribution in [0.3, 0.4) is 0 Å². The van der Waals surface area contributed by atoms with Gasteiger partial charge in [-0.05, 0) is 42.3 Å². The number of thioether (sulfide) groups is 1. The van der Waals surface area contributed by atoms with E-state index in [1.165, 1.54) is 18.7 Å². The largest absolute Gasteiger partial charge is 0.456 e. The molecule has 3 nitrogen and oxygen atoms in total. The van der Waals surface area contributed by atoms with Gasteiger partial charge in [0.2, 0.25) is 0 Å². The molecular formula is C17H15NO2S. The van der Waals surface area contributed by atoms with Crippen LogP contribution in [0.1, 0.15) is 23.6 Å². The SMILES string of the molecule is CC(=O)SCc1ccc(Oc2cccc(C)c2)c(C#N)c1.